The van der Waals surface area contributed by atoms with Crippen LogP contribution in [-0.4, -0.2) is 33.7 Å². The zero-order valence-electron chi connectivity index (χ0n) is 9.71. The van der Waals surface area contributed by atoms with Gasteiger partial charge in [0.15, 0.2) is 5.69 Å². The predicted molar refractivity (Wildman–Crippen MR) is 62.3 cm³/mol. The Bertz CT molecular complexity index is 702. The van der Waals surface area contributed by atoms with Crippen molar-refractivity contribution in [3.63, 3.8) is 0 Å². The van der Waals surface area contributed by atoms with Crippen molar-refractivity contribution in [2.45, 2.75) is 6.61 Å². The third-order valence-electron chi connectivity index (χ3n) is 2.44. The highest BCUT2D eigenvalue weighted by molar-refractivity contribution is 6.03. The molecule has 6 nitrogen and oxygen atoms in total. The number of nitrogens with zero attached hydrogens (tertiary/aromatic N) is 1. The minimum absolute atomic E-state index is 0.161. The smallest absolute Gasteiger partial charge is 0.387 e. The standard InChI is InChI=1S/C12H7F2NO5/c13-12(14)20-6-1-2-8-5(3-6)4-7(10(16)17)9(15-8)11(18)19/h1-4,12H,(H,16,17)(H,18,19). The zero-order chi connectivity index (χ0) is 14.9. The van der Waals surface area contributed by atoms with Gasteiger partial charge in [-0.2, -0.15) is 8.78 Å². The maximum atomic E-state index is 12.1. The van der Waals surface area contributed by atoms with Gasteiger partial charge in [-0.3, -0.25) is 0 Å². The number of benzene rings is 1. The molecule has 0 aliphatic heterocycles. The number of carboxylic acid groups (broad SMARTS) is 2. The van der Waals surface area contributed by atoms with Crippen LogP contribution in [-0.2, 0) is 0 Å². The summed E-state index contributed by atoms with van der Waals surface area (Å²) in [4.78, 5) is 25.6. The molecule has 0 spiro atoms. The van der Waals surface area contributed by atoms with E-state index in [1.165, 1.54) is 12.1 Å². The minimum Gasteiger partial charge on any atom is -0.478 e. The van der Waals surface area contributed by atoms with Crippen LogP contribution in [0.5, 0.6) is 5.75 Å². The third kappa shape index (κ3) is 2.63. The number of aromatic nitrogens is 1. The number of hydrogen-bond donors (Lipinski definition) is 2. The molecule has 0 aliphatic rings. The molecule has 0 unspecified atom stereocenters. The first-order chi connectivity index (χ1) is 9.38. The summed E-state index contributed by atoms with van der Waals surface area (Å²) in [6, 6.07) is 4.66. The van der Waals surface area contributed by atoms with Crippen molar-refractivity contribution in [3.8, 4) is 5.75 Å². The molecule has 104 valence electrons. The number of fused-ring (bicyclic) bond motifs is 1. The Morgan fingerprint density at radius 3 is 2.40 bits per heavy atom. The van der Waals surface area contributed by atoms with Gasteiger partial charge in [-0.15, -0.1) is 0 Å². The first kappa shape index (κ1) is 13.7. The van der Waals surface area contributed by atoms with Crippen molar-refractivity contribution in [2.75, 3.05) is 0 Å². The van der Waals surface area contributed by atoms with Gasteiger partial charge in [0.25, 0.3) is 0 Å². The molecule has 0 bridgehead atoms. The van der Waals surface area contributed by atoms with Gasteiger partial charge < -0.3 is 14.9 Å². The Balaban J connectivity index is 2.62. The fraction of sp³-hybridized carbons (Fsp3) is 0.0833. The number of halogens is 2. The highest BCUT2D eigenvalue weighted by atomic mass is 19.3. The summed E-state index contributed by atoms with van der Waals surface area (Å²) in [5, 5.41) is 18.0. The summed E-state index contributed by atoms with van der Waals surface area (Å²) < 4.78 is 28.4. The molecule has 2 rings (SSSR count). The Kier molecular flexibility index (Phi) is 3.47. The first-order valence-corrected chi connectivity index (χ1v) is 5.24. The lowest BCUT2D eigenvalue weighted by atomic mass is 10.1. The number of aromatic carboxylic acids is 2. The van der Waals surface area contributed by atoms with Crippen molar-refractivity contribution in [3.05, 3.63) is 35.5 Å². The number of ether oxygens (including phenoxy) is 1. The molecule has 8 heteroatoms. The number of carboxylic acids is 2. The number of hydrogen-bond acceptors (Lipinski definition) is 4. The van der Waals surface area contributed by atoms with Gasteiger partial charge in [-0.05, 0) is 24.3 Å². The van der Waals surface area contributed by atoms with Gasteiger partial charge in [-0.25, -0.2) is 14.6 Å². The number of rotatable bonds is 4. The molecule has 2 N–H and O–H groups in total. The highest BCUT2D eigenvalue weighted by Gasteiger charge is 2.19. The average Bonchev–Trinajstić information content (AvgIpc) is 2.36. The molecule has 0 aliphatic carbocycles. The molecule has 20 heavy (non-hydrogen) atoms. The number of alkyl halides is 2. The molecule has 2 aromatic rings. The topological polar surface area (TPSA) is 96.7 Å². The van der Waals surface area contributed by atoms with E-state index in [9.17, 15) is 18.4 Å². The molecule has 1 aromatic heterocycles. The second-order valence-corrected chi connectivity index (χ2v) is 3.73. The van der Waals surface area contributed by atoms with E-state index < -0.39 is 29.8 Å². The first-order valence-electron chi connectivity index (χ1n) is 5.24. The number of pyridine rings is 1. The van der Waals surface area contributed by atoms with Crippen LogP contribution >= 0.6 is 0 Å². The summed E-state index contributed by atoms with van der Waals surface area (Å²) in [6.07, 6.45) is 0. The molecule has 0 atom stereocenters. The van der Waals surface area contributed by atoms with Crippen LogP contribution in [0.1, 0.15) is 20.8 Å². The van der Waals surface area contributed by atoms with E-state index in [4.69, 9.17) is 10.2 Å². The van der Waals surface area contributed by atoms with Gasteiger partial charge in [0, 0.05) is 5.39 Å². The molecular formula is C12H7F2NO5. The van der Waals surface area contributed by atoms with E-state index in [0.717, 1.165) is 12.1 Å². The lowest BCUT2D eigenvalue weighted by molar-refractivity contribution is -0.0497. The molecule has 0 amide bonds. The van der Waals surface area contributed by atoms with Crippen molar-refractivity contribution in [1.82, 2.24) is 4.98 Å². The van der Waals surface area contributed by atoms with E-state index in [1.54, 1.807) is 0 Å². The van der Waals surface area contributed by atoms with Crippen LogP contribution in [0.15, 0.2) is 24.3 Å². The van der Waals surface area contributed by atoms with Gasteiger partial charge in [-0.1, -0.05) is 0 Å². The molecule has 0 fully saturated rings. The lowest BCUT2D eigenvalue weighted by Gasteiger charge is -2.07. The normalized spacial score (nSPS) is 10.8. The highest BCUT2D eigenvalue weighted by Crippen LogP contribution is 2.23. The Labute approximate surface area is 110 Å². The van der Waals surface area contributed by atoms with Crippen LogP contribution in [0.4, 0.5) is 8.78 Å². The summed E-state index contributed by atoms with van der Waals surface area (Å²) in [5.41, 5.74) is -0.985. The average molecular weight is 283 g/mol. The largest absolute Gasteiger partial charge is 0.478 e. The molecule has 1 aromatic carbocycles. The fourth-order valence-corrected chi connectivity index (χ4v) is 1.66. The minimum atomic E-state index is -3.02. The second-order valence-electron chi connectivity index (χ2n) is 3.73. The van der Waals surface area contributed by atoms with Crippen molar-refractivity contribution in [1.29, 1.82) is 0 Å². The van der Waals surface area contributed by atoms with Crippen LogP contribution < -0.4 is 4.74 Å². The number of carbonyl (C=O) groups is 2. The molecular weight excluding hydrogens is 276 g/mol. The molecule has 0 saturated carbocycles. The van der Waals surface area contributed by atoms with Gasteiger partial charge >= 0.3 is 18.6 Å². The van der Waals surface area contributed by atoms with Gasteiger partial charge in [0.1, 0.15) is 5.75 Å². The fourth-order valence-electron chi connectivity index (χ4n) is 1.66. The van der Waals surface area contributed by atoms with E-state index in [0.29, 0.717) is 0 Å². The third-order valence-corrected chi connectivity index (χ3v) is 2.44. The van der Waals surface area contributed by atoms with Gasteiger partial charge in [0.2, 0.25) is 0 Å². The van der Waals surface area contributed by atoms with E-state index in [1.807, 2.05) is 0 Å². The van der Waals surface area contributed by atoms with E-state index in [2.05, 4.69) is 9.72 Å². The van der Waals surface area contributed by atoms with Crippen LogP contribution in [0, 0.1) is 0 Å². The SMILES string of the molecule is O=C(O)c1cc2cc(OC(F)F)ccc2nc1C(=O)O. The molecule has 0 radical (unpaired) electrons. The van der Waals surface area contributed by atoms with Gasteiger partial charge in [0.05, 0.1) is 11.1 Å². The monoisotopic (exact) mass is 283 g/mol. The quantitative estimate of drug-likeness (QED) is 0.893. The summed E-state index contributed by atoms with van der Waals surface area (Å²) in [6.45, 7) is -3.02. The van der Waals surface area contributed by atoms with Crippen molar-refractivity contribution in [2.24, 2.45) is 0 Å². The Morgan fingerprint density at radius 2 is 1.85 bits per heavy atom. The second kappa shape index (κ2) is 5.08. The van der Waals surface area contributed by atoms with Crippen LogP contribution in [0.2, 0.25) is 0 Å². The summed E-state index contributed by atoms with van der Waals surface area (Å²) >= 11 is 0. The molecule has 1 heterocycles. The zero-order valence-corrected chi connectivity index (χ0v) is 9.71. The maximum Gasteiger partial charge on any atom is 0.387 e. The van der Waals surface area contributed by atoms with Crippen molar-refractivity contribution >= 4 is 22.8 Å². The lowest BCUT2D eigenvalue weighted by Crippen LogP contribution is -2.10. The van der Waals surface area contributed by atoms with Crippen LogP contribution in [0.25, 0.3) is 10.9 Å². The summed E-state index contributed by atoms with van der Waals surface area (Å²) in [7, 11) is 0. The van der Waals surface area contributed by atoms with E-state index in [-0.39, 0.29) is 16.7 Å². The predicted octanol–water partition coefficient (Wildman–Crippen LogP) is 2.23. The van der Waals surface area contributed by atoms with Crippen molar-refractivity contribution < 1.29 is 33.3 Å². The van der Waals surface area contributed by atoms with Crippen LogP contribution in [0.3, 0.4) is 0 Å². The van der Waals surface area contributed by atoms with E-state index >= 15 is 0 Å². The molecule has 0 saturated heterocycles. The Morgan fingerprint density at radius 1 is 1.15 bits per heavy atom. The maximum absolute atomic E-state index is 12.1. The summed E-state index contributed by atoms with van der Waals surface area (Å²) in [5.74, 6) is -3.14. The Hall–Kier alpha value is -2.77.